The van der Waals surface area contributed by atoms with Crippen molar-refractivity contribution in [2.75, 3.05) is 26.2 Å². The van der Waals surface area contributed by atoms with Crippen molar-refractivity contribution in [3.05, 3.63) is 45.9 Å². The standard InChI is InChI=1S/C17H21N3O2S.2ClH/c1-13-2-4-15(5-3-13)22-11-16-19-14(12-23-16)10-17(21)20-8-6-18-7-9-20;;/h2-5,12,18H,6-11H2,1H3;2*1H. The number of rotatable bonds is 5. The summed E-state index contributed by atoms with van der Waals surface area (Å²) < 4.78 is 5.73. The van der Waals surface area contributed by atoms with Crippen molar-refractivity contribution >= 4 is 42.1 Å². The van der Waals surface area contributed by atoms with E-state index in [-0.39, 0.29) is 30.7 Å². The Morgan fingerprint density at radius 1 is 1.24 bits per heavy atom. The van der Waals surface area contributed by atoms with Gasteiger partial charge in [0.15, 0.2) is 0 Å². The van der Waals surface area contributed by atoms with Crippen LogP contribution in [0.1, 0.15) is 16.3 Å². The van der Waals surface area contributed by atoms with Crippen LogP contribution in [0.4, 0.5) is 0 Å². The number of carbonyl (C=O) groups is 1. The molecule has 3 rings (SSSR count). The fourth-order valence-corrected chi connectivity index (χ4v) is 3.16. The predicted octanol–water partition coefficient (Wildman–Crippen LogP) is 2.85. The maximum absolute atomic E-state index is 12.2. The van der Waals surface area contributed by atoms with Crippen LogP contribution in [0.2, 0.25) is 0 Å². The third kappa shape index (κ3) is 6.47. The molecule has 5 nitrogen and oxygen atoms in total. The minimum Gasteiger partial charge on any atom is -0.486 e. The molecule has 2 heterocycles. The van der Waals surface area contributed by atoms with Crippen LogP contribution in [0, 0.1) is 6.92 Å². The highest BCUT2D eigenvalue weighted by atomic mass is 35.5. The highest BCUT2D eigenvalue weighted by Gasteiger charge is 2.17. The Hall–Kier alpha value is -1.34. The summed E-state index contributed by atoms with van der Waals surface area (Å²) in [5.41, 5.74) is 2.04. The van der Waals surface area contributed by atoms with Crippen molar-refractivity contribution in [1.29, 1.82) is 0 Å². The number of thiazole rings is 1. The van der Waals surface area contributed by atoms with Crippen molar-refractivity contribution in [2.24, 2.45) is 0 Å². The number of hydrogen-bond acceptors (Lipinski definition) is 5. The van der Waals surface area contributed by atoms with Gasteiger partial charge >= 0.3 is 0 Å². The zero-order valence-corrected chi connectivity index (χ0v) is 16.5. The zero-order valence-electron chi connectivity index (χ0n) is 14.1. The first kappa shape index (κ1) is 21.7. The first-order chi connectivity index (χ1) is 11.2. The van der Waals surface area contributed by atoms with Crippen LogP contribution in [-0.2, 0) is 17.8 Å². The van der Waals surface area contributed by atoms with Gasteiger partial charge in [0.1, 0.15) is 17.4 Å². The number of aromatic nitrogens is 1. The molecular weight excluding hydrogens is 381 g/mol. The molecule has 1 amide bonds. The van der Waals surface area contributed by atoms with Gasteiger partial charge in [-0.1, -0.05) is 17.7 Å². The van der Waals surface area contributed by atoms with Gasteiger partial charge < -0.3 is 15.0 Å². The monoisotopic (exact) mass is 403 g/mol. The molecule has 0 aliphatic carbocycles. The molecule has 0 unspecified atom stereocenters. The summed E-state index contributed by atoms with van der Waals surface area (Å²) in [6.07, 6.45) is 0.376. The Morgan fingerprint density at radius 3 is 2.60 bits per heavy atom. The summed E-state index contributed by atoms with van der Waals surface area (Å²) in [6.45, 7) is 5.80. The fraction of sp³-hybridized carbons (Fsp3) is 0.412. The van der Waals surface area contributed by atoms with E-state index in [1.54, 1.807) is 11.3 Å². The van der Waals surface area contributed by atoms with Crippen LogP contribution in [0.15, 0.2) is 29.6 Å². The van der Waals surface area contributed by atoms with E-state index in [9.17, 15) is 4.79 Å². The molecule has 0 radical (unpaired) electrons. The highest BCUT2D eigenvalue weighted by molar-refractivity contribution is 7.09. The van der Waals surface area contributed by atoms with Gasteiger partial charge in [0, 0.05) is 31.6 Å². The summed E-state index contributed by atoms with van der Waals surface area (Å²) in [7, 11) is 0. The van der Waals surface area contributed by atoms with Crippen molar-refractivity contribution in [3.8, 4) is 5.75 Å². The van der Waals surface area contributed by atoms with E-state index in [2.05, 4.69) is 10.3 Å². The molecule has 138 valence electrons. The van der Waals surface area contributed by atoms with Gasteiger partial charge in [-0.3, -0.25) is 4.79 Å². The van der Waals surface area contributed by atoms with Crippen molar-refractivity contribution in [3.63, 3.8) is 0 Å². The third-order valence-corrected chi connectivity index (χ3v) is 4.66. The van der Waals surface area contributed by atoms with Crippen LogP contribution >= 0.6 is 36.2 Å². The van der Waals surface area contributed by atoms with Crippen LogP contribution in [0.25, 0.3) is 0 Å². The summed E-state index contributed by atoms with van der Waals surface area (Å²) >= 11 is 1.54. The topological polar surface area (TPSA) is 54.5 Å². The van der Waals surface area contributed by atoms with E-state index in [4.69, 9.17) is 4.74 Å². The fourth-order valence-electron chi connectivity index (χ4n) is 2.46. The molecule has 1 aromatic carbocycles. The molecule has 25 heavy (non-hydrogen) atoms. The number of amides is 1. The number of piperazine rings is 1. The van der Waals surface area contributed by atoms with E-state index in [0.717, 1.165) is 42.6 Å². The van der Waals surface area contributed by atoms with Gasteiger partial charge in [0.2, 0.25) is 5.91 Å². The van der Waals surface area contributed by atoms with E-state index in [1.165, 1.54) is 5.56 Å². The second-order valence-electron chi connectivity index (χ2n) is 5.64. The highest BCUT2D eigenvalue weighted by Crippen LogP contribution is 2.16. The smallest absolute Gasteiger partial charge is 0.228 e. The van der Waals surface area contributed by atoms with Gasteiger partial charge in [-0.25, -0.2) is 4.98 Å². The predicted molar refractivity (Wildman–Crippen MR) is 105 cm³/mol. The summed E-state index contributed by atoms with van der Waals surface area (Å²) in [5.74, 6) is 0.993. The molecular formula is C17H23Cl2N3O2S. The molecule has 1 aliphatic rings. The number of hydrogen-bond donors (Lipinski definition) is 1. The SMILES string of the molecule is Cc1ccc(OCc2nc(CC(=O)N3CCNCC3)cs2)cc1.Cl.Cl. The normalized spacial score (nSPS) is 13.6. The molecule has 1 aromatic heterocycles. The lowest BCUT2D eigenvalue weighted by atomic mass is 10.2. The minimum absolute atomic E-state index is 0. The minimum atomic E-state index is 0. The summed E-state index contributed by atoms with van der Waals surface area (Å²) in [5, 5.41) is 6.10. The number of carbonyl (C=O) groups excluding carboxylic acids is 1. The van der Waals surface area contributed by atoms with Crippen molar-refractivity contribution < 1.29 is 9.53 Å². The van der Waals surface area contributed by atoms with Crippen LogP contribution < -0.4 is 10.1 Å². The van der Waals surface area contributed by atoms with Crippen LogP contribution in [0.5, 0.6) is 5.75 Å². The lowest BCUT2D eigenvalue weighted by molar-refractivity contribution is -0.131. The largest absolute Gasteiger partial charge is 0.486 e. The zero-order chi connectivity index (χ0) is 16.1. The molecule has 2 aromatic rings. The molecule has 1 N–H and O–H groups in total. The molecule has 1 saturated heterocycles. The van der Waals surface area contributed by atoms with Gasteiger partial charge in [-0.15, -0.1) is 36.2 Å². The van der Waals surface area contributed by atoms with E-state index >= 15 is 0 Å². The summed E-state index contributed by atoms with van der Waals surface area (Å²) in [4.78, 5) is 18.6. The van der Waals surface area contributed by atoms with Gasteiger partial charge in [-0.05, 0) is 19.1 Å². The molecule has 1 aliphatic heterocycles. The Morgan fingerprint density at radius 2 is 1.92 bits per heavy atom. The first-order valence-corrected chi connectivity index (χ1v) is 8.70. The van der Waals surface area contributed by atoms with Gasteiger partial charge in [0.25, 0.3) is 0 Å². The quantitative estimate of drug-likeness (QED) is 0.833. The lowest BCUT2D eigenvalue weighted by Crippen LogP contribution is -2.46. The maximum Gasteiger partial charge on any atom is 0.228 e. The van der Waals surface area contributed by atoms with Crippen molar-refractivity contribution in [1.82, 2.24) is 15.2 Å². The number of aryl methyl sites for hydroxylation is 1. The Kier molecular flexibility index (Phi) is 9.21. The molecule has 0 bridgehead atoms. The second-order valence-corrected chi connectivity index (χ2v) is 6.58. The average molecular weight is 404 g/mol. The molecule has 0 atom stereocenters. The number of nitrogens with zero attached hydrogens (tertiary/aromatic N) is 2. The number of ether oxygens (including phenoxy) is 1. The average Bonchev–Trinajstić information content (AvgIpc) is 3.02. The van der Waals surface area contributed by atoms with Gasteiger partial charge in [-0.2, -0.15) is 0 Å². The lowest BCUT2D eigenvalue weighted by Gasteiger charge is -2.27. The first-order valence-electron chi connectivity index (χ1n) is 7.82. The number of halogens is 2. The molecule has 0 saturated carbocycles. The Bertz CT molecular complexity index is 658. The van der Waals surface area contributed by atoms with Gasteiger partial charge in [0.05, 0.1) is 12.1 Å². The van der Waals surface area contributed by atoms with Crippen LogP contribution in [-0.4, -0.2) is 42.0 Å². The van der Waals surface area contributed by atoms with Crippen molar-refractivity contribution in [2.45, 2.75) is 20.0 Å². The van der Waals surface area contributed by atoms with E-state index < -0.39 is 0 Å². The second kappa shape index (κ2) is 10.6. The molecule has 0 spiro atoms. The summed E-state index contributed by atoms with van der Waals surface area (Å²) in [6, 6.07) is 7.96. The molecule has 8 heteroatoms. The Labute approximate surface area is 164 Å². The molecule has 1 fully saturated rings. The third-order valence-electron chi connectivity index (χ3n) is 3.78. The number of nitrogens with one attached hydrogen (secondary N) is 1. The van der Waals surface area contributed by atoms with E-state index in [0.29, 0.717) is 13.0 Å². The Balaban J connectivity index is 0.00000156. The van der Waals surface area contributed by atoms with Crippen LogP contribution in [0.3, 0.4) is 0 Å². The maximum atomic E-state index is 12.2. The van der Waals surface area contributed by atoms with E-state index in [1.807, 2.05) is 41.5 Å². The number of benzene rings is 1.